The van der Waals surface area contributed by atoms with E-state index in [4.69, 9.17) is 5.73 Å². The molecule has 0 saturated carbocycles. The number of rotatable bonds is 18. The SMILES string of the molecule is CC(=O)NC[C@H](Cc1ccc(O)cc1)NC(=O)NC[C@@H](NC(=O)NC[C@H](C)NC(=O)NC[C@@H](C)CCCCN)C(C)C. The molecule has 0 aromatic heterocycles. The summed E-state index contributed by atoms with van der Waals surface area (Å²) in [5.74, 6) is 0.311. The van der Waals surface area contributed by atoms with Gasteiger partial charge in [0.1, 0.15) is 5.75 Å². The van der Waals surface area contributed by atoms with E-state index in [-0.39, 0.29) is 55.3 Å². The highest BCUT2D eigenvalue weighted by Crippen LogP contribution is 2.11. The van der Waals surface area contributed by atoms with Crippen molar-refractivity contribution in [2.75, 3.05) is 32.7 Å². The smallest absolute Gasteiger partial charge is 0.315 e. The Morgan fingerprint density at radius 1 is 0.762 bits per heavy atom. The van der Waals surface area contributed by atoms with Crippen LogP contribution in [-0.2, 0) is 11.2 Å². The number of urea groups is 3. The van der Waals surface area contributed by atoms with Crippen LogP contribution in [0.15, 0.2) is 24.3 Å². The van der Waals surface area contributed by atoms with Gasteiger partial charge in [0.05, 0.1) is 12.1 Å². The van der Waals surface area contributed by atoms with E-state index in [2.05, 4.69) is 44.1 Å². The third kappa shape index (κ3) is 17.2. The van der Waals surface area contributed by atoms with Crippen molar-refractivity contribution in [1.82, 2.24) is 37.2 Å². The van der Waals surface area contributed by atoms with Gasteiger partial charge in [-0.05, 0) is 62.3 Å². The minimum absolute atomic E-state index is 0.0244. The summed E-state index contributed by atoms with van der Waals surface area (Å²) in [6, 6.07) is 4.47. The summed E-state index contributed by atoms with van der Waals surface area (Å²) < 4.78 is 0. The van der Waals surface area contributed by atoms with Crippen LogP contribution in [0.5, 0.6) is 5.75 Å². The number of unbranched alkanes of at least 4 members (excludes halogenated alkanes) is 1. The maximum absolute atomic E-state index is 12.7. The molecule has 0 aliphatic rings. The van der Waals surface area contributed by atoms with Crippen molar-refractivity contribution >= 4 is 24.0 Å². The number of phenols is 1. The number of phenolic OH excluding ortho intramolecular Hbond substituents is 1. The summed E-state index contributed by atoms with van der Waals surface area (Å²) >= 11 is 0. The summed E-state index contributed by atoms with van der Waals surface area (Å²) in [6.45, 7) is 11.0. The van der Waals surface area contributed by atoms with Crippen LogP contribution in [0.2, 0.25) is 0 Å². The number of hydrogen-bond acceptors (Lipinski definition) is 6. The average molecular weight is 593 g/mol. The van der Waals surface area contributed by atoms with E-state index >= 15 is 0 Å². The minimum atomic E-state index is -0.436. The Hall–Kier alpha value is -3.74. The first-order chi connectivity index (χ1) is 19.9. The normalized spacial score (nSPS) is 13.7. The van der Waals surface area contributed by atoms with Crippen LogP contribution in [0.25, 0.3) is 0 Å². The molecule has 0 spiro atoms. The topological polar surface area (TPSA) is 199 Å². The number of hydrogen-bond donors (Lipinski definition) is 9. The van der Waals surface area contributed by atoms with Crippen LogP contribution >= 0.6 is 0 Å². The summed E-state index contributed by atoms with van der Waals surface area (Å²) in [6.07, 6.45) is 3.46. The number of nitrogens with two attached hydrogens (primary N) is 1. The van der Waals surface area contributed by atoms with Crippen molar-refractivity contribution in [2.45, 2.75) is 78.4 Å². The van der Waals surface area contributed by atoms with Gasteiger partial charge in [0.2, 0.25) is 5.91 Å². The van der Waals surface area contributed by atoms with E-state index in [9.17, 15) is 24.3 Å². The van der Waals surface area contributed by atoms with Gasteiger partial charge in [0, 0.05) is 39.1 Å². The van der Waals surface area contributed by atoms with E-state index in [0.29, 0.717) is 25.4 Å². The zero-order valence-corrected chi connectivity index (χ0v) is 25.7. The quantitative estimate of drug-likeness (QED) is 0.116. The Morgan fingerprint density at radius 2 is 1.36 bits per heavy atom. The molecule has 1 aromatic carbocycles. The maximum Gasteiger partial charge on any atom is 0.315 e. The number of benzene rings is 1. The van der Waals surface area contributed by atoms with E-state index < -0.39 is 18.1 Å². The average Bonchev–Trinajstić information content (AvgIpc) is 2.92. The number of carbonyl (C=O) groups is 4. The number of aromatic hydroxyl groups is 1. The van der Waals surface area contributed by atoms with Crippen LogP contribution < -0.4 is 43.0 Å². The first-order valence-electron chi connectivity index (χ1n) is 14.7. The van der Waals surface area contributed by atoms with Crippen molar-refractivity contribution in [1.29, 1.82) is 0 Å². The number of amides is 7. The highest BCUT2D eigenvalue weighted by molar-refractivity contribution is 5.76. The molecule has 4 atom stereocenters. The highest BCUT2D eigenvalue weighted by Gasteiger charge is 2.20. The monoisotopic (exact) mass is 592 g/mol. The molecular weight excluding hydrogens is 540 g/mol. The van der Waals surface area contributed by atoms with Crippen molar-refractivity contribution in [3.63, 3.8) is 0 Å². The third-order valence-electron chi connectivity index (χ3n) is 6.66. The molecule has 1 aromatic rings. The minimum Gasteiger partial charge on any atom is -0.508 e. The molecule has 0 heterocycles. The fraction of sp³-hybridized carbons (Fsp3) is 0.655. The van der Waals surface area contributed by atoms with Crippen LogP contribution in [0.3, 0.4) is 0 Å². The van der Waals surface area contributed by atoms with Crippen molar-refractivity contribution in [3.05, 3.63) is 29.8 Å². The second-order valence-corrected chi connectivity index (χ2v) is 11.2. The predicted octanol–water partition coefficient (Wildman–Crippen LogP) is 1.52. The summed E-state index contributed by atoms with van der Waals surface area (Å²) in [5.41, 5.74) is 6.40. The highest BCUT2D eigenvalue weighted by atomic mass is 16.3. The first-order valence-corrected chi connectivity index (χ1v) is 14.7. The number of nitrogens with one attached hydrogen (secondary N) is 7. The van der Waals surface area contributed by atoms with Gasteiger partial charge in [0.25, 0.3) is 0 Å². The molecule has 1 rings (SSSR count). The Labute approximate surface area is 249 Å². The molecule has 7 amide bonds. The molecule has 0 fully saturated rings. The Morgan fingerprint density at radius 3 is 1.98 bits per heavy atom. The molecule has 13 heteroatoms. The van der Waals surface area contributed by atoms with Crippen LogP contribution in [0, 0.1) is 11.8 Å². The lowest BCUT2D eigenvalue weighted by Crippen LogP contribution is -2.54. The van der Waals surface area contributed by atoms with Gasteiger partial charge in [-0.25, -0.2) is 14.4 Å². The van der Waals surface area contributed by atoms with E-state index in [1.54, 1.807) is 31.2 Å². The van der Waals surface area contributed by atoms with Crippen molar-refractivity contribution in [2.24, 2.45) is 17.6 Å². The van der Waals surface area contributed by atoms with Gasteiger partial charge < -0.3 is 48.1 Å². The molecule has 0 unspecified atom stereocenters. The van der Waals surface area contributed by atoms with Gasteiger partial charge in [-0.1, -0.05) is 39.3 Å². The molecule has 0 bridgehead atoms. The molecule has 0 aliphatic heterocycles. The first kappa shape index (κ1) is 36.3. The van der Waals surface area contributed by atoms with Gasteiger partial charge in [0.15, 0.2) is 0 Å². The van der Waals surface area contributed by atoms with E-state index in [1.807, 2.05) is 13.8 Å². The second-order valence-electron chi connectivity index (χ2n) is 11.2. The van der Waals surface area contributed by atoms with E-state index in [0.717, 1.165) is 24.8 Å². The molecular formula is C29H52N8O5. The van der Waals surface area contributed by atoms with Gasteiger partial charge in [-0.2, -0.15) is 0 Å². The third-order valence-corrected chi connectivity index (χ3v) is 6.66. The lowest BCUT2D eigenvalue weighted by atomic mass is 10.0. The fourth-order valence-corrected chi connectivity index (χ4v) is 4.05. The van der Waals surface area contributed by atoms with Gasteiger partial charge in [-0.15, -0.1) is 0 Å². The van der Waals surface area contributed by atoms with Gasteiger partial charge >= 0.3 is 18.1 Å². The Bertz CT molecular complexity index is 960. The maximum atomic E-state index is 12.7. The second kappa shape index (κ2) is 20.2. The Balaban J connectivity index is 2.47. The zero-order chi connectivity index (χ0) is 31.5. The molecule has 238 valence electrons. The zero-order valence-electron chi connectivity index (χ0n) is 25.7. The summed E-state index contributed by atoms with van der Waals surface area (Å²) in [7, 11) is 0. The van der Waals surface area contributed by atoms with Crippen LogP contribution in [-0.4, -0.2) is 80.0 Å². The summed E-state index contributed by atoms with van der Waals surface area (Å²) in [5, 5.41) is 29.2. The molecule has 0 saturated heterocycles. The molecule has 10 N–H and O–H groups in total. The van der Waals surface area contributed by atoms with Gasteiger partial charge in [-0.3, -0.25) is 4.79 Å². The van der Waals surface area contributed by atoms with E-state index in [1.165, 1.54) is 6.92 Å². The number of carbonyl (C=O) groups excluding carboxylic acids is 4. The lowest BCUT2D eigenvalue weighted by molar-refractivity contribution is -0.119. The van der Waals surface area contributed by atoms with Crippen LogP contribution in [0.4, 0.5) is 14.4 Å². The molecule has 0 radical (unpaired) electrons. The standard InChI is InChI=1S/C29H52N8O5/c1-19(2)26(37-29(42)33-16-21(4)35-27(40)32-15-20(3)8-6-7-13-30)18-34-28(41)36-24(17-31-22(5)38)14-23-9-11-25(39)12-10-23/h9-12,19-21,24,26,39H,6-8,13-18,30H2,1-5H3,(H,31,38)(H2,32,35,40)(H2,33,37,42)(H2,34,36,41)/t20-,21-,24-,26+/m0/s1. The molecule has 42 heavy (non-hydrogen) atoms. The largest absolute Gasteiger partial charge is 0.508 e. The molecule has 0 aliphatic carbocycles. The van der Waals surface area contributed by atoms with Crippen LogP contribution in [0.1, 0.15) is 59.4 Å². The molecule has 13 nitrogen and oxygen atoms in total. The summed E-state index contributed by atoms with van der Waals surface area (Å²) in [4.78, 5) is 48.8. The predicted molar refractivity (Wildman–Crippen MR) is 164 cm³/mol. The van der Waals surface area contributed by atoms with Crippen molar-refractivity contribution in [3.8, 4) is 5.75 Å². The van der Waals surface area contributed by atoms with Crippen molar-refractivity contribution < 1.29 is 24.3 Å². The fourth-order valence-electron chi connectivity index (χ4n) is 4.05. The lowest BCUT2D eigenvalue weighted by Gasteiger charge is -2.25. The Kier molecular flexibility index (Phi) is 17.4.